The van der Waals surface area contributed by atoms with Gasteiger partial charge in [-0.3, -0.25) is 0 Å². The van der Waals surface area contributed by atoms with E-state index in [1.165, 1.54) is 0 Å². The molecule has 1 N–H and O–H groups in total. The summed E-state index contributed by atoms with van der Waals surface area (Å²) in [7, 11) is 0. The highest BCUT2D eigenvalue weighted by molar-refractivity contribution is 5.09. The fourth-order valence-electron chi connectivity index (χ4n) is 1.02. The normalized spacial score (nSPS) is 23.6. The van der Waals surface area contributed by atoms with Crippen LogP contribution in [-0.2, 0) is 4.74 Å². The van der Waals surface area contributed by atoms with Crippen LogP contribution in [0.2, 0.25) is 0 Å². The van der Waals surface area contributed by atoms with Crippen LogP contribution in [0.3, 0.4) is 0 Å². The largest absolute Gasteiger partial charge is 0.472 e. The lowest BCUT2D eigenvalue weighted by molar-refractivity contribution is 0.0440. The smallest absolute Gasteiger partial charge is 0.174 e. The van der Waals surface area contributed by atoms with Gasteiger partial charge >= 0.3 is 0 Å². The zero-order chi connectivity index (χ0) is 7.07. The molecule has 2 heteroatoms. The highest BCUT2D eigenvalue weighted by atomic mass is 16.5. The number of hydrogen-bond donors (Lipinski definition) is 1. The maximum absolute atomic E-state index is 5.43. The average molecular weight is 127 g/mol. The van der Waals surface area contributed by atoms with Gasteiger partial charge < -0.3 is 10.1 Å². The molecule has 9 heavy (non-hydrogen) atoms. The molecule has 0 spiro atoms. The van der Waals surface area contributed by atoms with Crippen LogP contribution in [0, 0.1) is 0 Å². The van der Waals surface area contributed by atoms with E-state index >= 15 is 0 Å². The van der Waals surface area contributed by atoms with Crippen molar-refractivity contribution in [2.75, 3.05) is 0 Å². The fourth-order valence-corrected chi connectivity index (χ4v) is 1.02. The monoisotopic (exact) mass is 127 g/mol. The van der Waals surface area contributed by atoms with Crippen molar-refractivity contribution in [3.05, 3.63) is 11.5 Å². The predicted molar refractivity (Wildman–Crippen MR) is 36.7 cm³/mol. The Labute approximate surface area is 55.9 Å². The number of allylic oxidation sites excluding steroid dienone is 2. The number of hydrogen-bond acceptors (Lipinski definition) is 2. The lowest BCUT2D eigenvalue weighted by Crippen LogP contribution is -2.34. The highest BCUT2D eigenvalue weighted by Gasteiger charge is 2.26. The first-order valence-electron chi connectivity index (χ1n) is 3.16. The maximum Gasteiger partial charge on any atom is 0.174 e. The Bertz CT molecular complexity index is 142. The van der Waals surface area contributed by atoms with Crippen LogP contribution in [0.4, 0.5) is 0 Å². The number of ether oxygens (including phenoxy) is 1. The van der Waals surface area contributed by atoms with Crippen LogP contribution in [0.25, 0.3) is 0 Å². The van der Waals surface area contributed by atoms with Crippen molar-refractivity contribution in [2.45, 2.75) is 33.4 Å². The maximum atomic E-state index is 5.43. The summed E-state index contributed by atoms with van der Waals surface area (Å²) in [6.45, 7) is 8.00. The third-order valence-corrected chi connectivity index (χ3v) is 1.42. The van der Waals surface area contributed by atoms with Crippen molar-refractivity contribution < 1.29 is 4.74 Å². The fraction of sp³-hybridized carbons (Fsp3) is 0.714. The first-order valence-corrected chi connectivity index (χ1v) is 3.16. The van der Waals surface area contributed by atoms with Crippen LogP contribution in [0.15, 0.2) is 11.5 Å². The van der Waals surface area contributed by atoms with Crippen molar-refractivity contribution in [3.8, 4) is 0 Å². The average Bonchev–Trinajstić information content (AvgIpc) is 1.79. The van der Waals surface area contributed by atoms with Gasteiger partial charge in [-0.25, -0.2) is 0 Å². The molecule has 0 radical (unpaired) electrons. The van der Waals surface area contributed by atoms with Crippen LogP contribution in [0.1, 0.15) is 27.7 Å². The molecule has 52 valence electrons. The van der Waals surface area contributed by atoms with E-state index in [-0.39, 0.29) is 5.72 Å². The molecule has 1 aliphatic rings. The summed E-state index contributed by atoms with van der Waals surface area (Å²) in [4.78, 5) is 0. The third-order valence-electron chi connectivity index (χ3n) is 1.42. The van der Waals surface area contributed by atoms with E-state index < -0.39 is 0 Å². The van der Waals surface area contributed by atoms with Crippen molar-refractivity contribution in [2.24, 2.45) is 0 Å². The van der Waals surface area contributed by atoms with E-state index in [1.807, 2.05) is 27.7 Å². The lowest BCUT2D eigenvalue weighted by atomic mass is 10.3. The van der Waals surface area contributed by atoms with E-state index in [2.05, 4.69) is 5.32 Å². The zero-order valence-corrected chi connectivity index (χ0v) is 6.41. The van der Waals surface area contributed by atoms with E-state index in [1.54, 1.807) is 0 Å². The first kappa shape index (κ1) is 6.46. The van der Waals surface area contributed by atoms with Gasteiger partial charge in [0.05, 0.1) is 0 Å². The molecule has 0 atom stereocenters. The van der Waals surface area contributed by atoms with Crippen LogP contribution in [0.5, 0.6) is 0 Å². The second-order valence-corrected chi connectivity index (χ2v) is 2.92. The standard InChI is InChI=1S/C7H13NO/c1-5-6(2)9-7(3,4)8-5/h8H,1-4H3. The van der Waals surface area contributed by atoms with Gasteiger partial charge in [-0.1, -0.05) is 0 Å². The van der Waals surface area contributed by atoms with Gasteiger partial charge in [-0.05, 0) is 27.7 Å². The molecule has 0 aliphatic carbocycles. The van der Waals surface area contributed by atoms with E-state index in [9.17, 15) is 0 Å². The molecule has 0 aromatic carbocycles. The van der Waals surface area contributed by atoms with Crippen LogP contribution in [-0.4, -0.2) is 5.72 Å². The minimum atomic E-state index is -0.186. The van der Waals surface area contributed by atoms with Gasteiger partial charge in [0.1, 0.15) is 5.76 Å². The molecule has 2 nitrogen and oxygen atoms in total. The summed E-state index contributed by atoms with van der Waals surface area (Å²) in [6, 6.07) is 0. The summed E-state index contributed by atoms with van der Waals surface area (Å²) >= 11 is 0. The quantitative estimate of drug-likeness (QED) is 0.533. The molecule has 0 aromatic heterocycles. The van der Waals surface area contributed by atoms with E-state index in [0.29, 0.717) is 0 Å². The van der Waals surface area contributed by atoms with E-state index in [4.69, 9.17) is 4.74 Å². The second kappa shape index (κ2) is 1.66. The predicted octanol–water partition coefficient (Wildman–Crippen LogP) is 1.59. The summed E-state index contributed by atoms with van der Waals surface area (Å²) < 4.78 is 5.43. The molecule has 0 aromatic rings. The molecule has 0 saturated carbocycles. The van der Waals surface area contributed by atoms with Gasteiger partial charge in [-0.2, -0.15) is 0 Å². The highest BCUT2D eigenvalue weighted by Crippen LogP contribution is 2.21. The number of nitrogens with one attached hydrogen (secondary N) is 1. The molecule has 0 fully saturated rings. The Balaban J connectivity index is 2.70. The molecule has 0 bridgehead atoms. The minimum absolute atomic E-state index is 0.186. The molecule has 1 aliphatic heterocycles. The van der Waals surface area contributed by atoms with Crippen LogP contribution >= 0.6 is 0 Å². The Hall–Kier alpha value is -0.660. The molecular formula is C7H13NO. The summed E-state index contributed by atoms with van der Waals surface area (Å²) in [5.74, 6) is 1.00. The van der Waals surface area contributed by atoms with Crippen molar-refractivity contribution in [1.29, 1.82) is 0 Å². The van der Waals surface area contributed by atoms with Gasteiger partial charge in [-0.15, -0.1) is 0 Å². The van der Waals surface area contributed by atoms with Gasteiger partial charge in [0, 0.05) is 5.70 Å². The zero-order valence-electron chi connectivity index (χ0n) is 6.41. The summed E-state index contributed by atoms with van der Waals surface area (Å²) in [5.41, 5.74) is 0.953. The second-order valence-electron chi connectivity index (χ2n) is 2.92. The van der Waals surface area contributed by atoms with E-state index in [0.717, 1.165) is 11.5 Å². The van der Waals surface area contributed by atoms with Crippen molar-refractivity contribution >= 4 is 0 Å². The molecule has 1 rings (SSSR count). The molecule has 1 heterocycles. The first-order chi connectivity index (χ1) is 4.01. The SMILES string of the molecule is CC1=C(C)OC(C)(C)N1. The topological polar surface area (TPSA) is 21.3 Å². The summed E-state index contributed by atoms with van der Waals surface area (Å²) in [6.07, 6.45) is 0. The third kappa shape index (κ3) is 1.18. The van der Waals surface area contributed by atoms with Crippen molar-refractivity contribution in [3.63, 3.8) is 0 Å². The minimum Gasteiger partial charge on any atom is -0.472 e. The Morgan fingerprint density at radius 2 is 1.89 bits per heavy atom. The Morgan fingerprint density at radius 3 is 2.00 bits per heavy atom. The number of rotatable bonds is 0. The lowest BCUT2D eigenvalue weighted by Gasteiger charge is -2.19. The molecule has 0 amide bonds. The van der Waals surface area contributed by atoms with Crippen molar-refractivity contribution in [1.82, 2.24) is 5.32 Å². The van der Waals surface area contributed by atoms with Gasteiger partial charge in [0.25, 0.3) is 0 Å². The van der Waals surface area contributed by atoms with Gasteiger partial charge in [0.15, 0.2) is 5.72 Å². The molecule has 0 unspecified atom stereocenters. The molecular weight excluding hydrogens is 114 g/mol. The Kier molecular flexibility index (Phi) is 1.19. The molecule has 0 saturated heterocycles. The van der Waals surface area contributed by atoms with Gasteiger partial charge in [0.2, 0.25) is 0 Å². The Morgan fingerprint density at radius 1 is 1.33 bits per heavy atom. The van der Waals surface area contributed by atoms with Crippen LogP contribution < -0.4 is 5.32 Å². The summed E-state index contributed by atoms with van der Waals surface area (Å²) in [5, 5.41) is 3.20.